The van der Waals surface area contributed by atoms with Gasteiger partial charge in [-0.15, -0.1) is 0 Å². The van der Waals surface area contributed by atoms with Crippen LogP contribution in [0.3, 0.4) is 0 Å². The molecule has 4 rings (SSSR count). The summed E-state index contributed by atoms with van der Waals surface area (Å²) < 4.78 is 2.71. The zero-order valence-electron chi connectivity index (χ0n) is 16.5. The zero-order valence-corrected chi connectivity index (χ0v) is 18.1. The van der Waals surface area contributed by atoms with Crippen molar-refractivity contribution < 1.29 is 9.90 Å². The van der Waals surface area contributed by atoms with Crippen molar-refractivity contribution in [1.82, 2.24) is 14.8 Å². The molecule has 2 heterocycles. The molecule has 30 heavy (non-hydrogen) atoms. The summed E-state index contributed by atoms with van der Waals surface area (Å²) in [6.45, 7) is 1.95. The summed E-state index contributed by atoms with van der Waals surface area (Å²) in [4.78, 5) is 17.9. The molecular weight excluding hydrogens is 446 g/mol. The van der Waals surface area contributed by atoms with Crippen molar-refractivity contribution in [2.24, 2.45) is 0 Å². The smallest absolute Gasteiger partial charge is 0.255 e. The Labute approximate surface area is 183 Å². The fourth-order valence-electron chi connectivity index (χ4n) is 3.51. The maximum Gasteiger partial charge on any atom is 0.255 e. The van der Waals surface area contributed by atoms with Gasteiger partial charge in [-0.2, -0.15) is 10.1 Å². The number of nitrogens with zero attached hydrogens (tertiary/aromatic N) is 3. The summed E-state index contributed by atoms with van der Waals surface area (Å²) in [7, 11) is 0. The third-order valence-corrected chi connectivity index (χ3v) is 5.45. The standard InChI is InChI=1S/C22H22BrN5O2/c1-14-19(21(30)25-17-6-3-2-4-7-17)20(15-9-11-16(23)12-10-15)28-22(24-14)26-18(27-28)8-5-13-29/h2-4,6-7,9-12,20,29H,5,8,13H2,1H3,(H,25,30)(H,24,26,27)/t20-/m1/s1. The molecule has 0 saturated carbocycles. The van der Waals surface area contributed by atoms with Gasteiger partial charge in [0.2, 0.25) is 5.95 Å². The molecule has 1 aromatic heterocycles. The van der Waals surface area contributed by atoms with Gasteiger partial charge in [-0.1, -0.05) is 46.3 Å². The van der Waals surface area contributed by atoms with Crippen molar-refractivity contribution >= 4 is 33.5 Å². The van der Waals surface area contributed by atoms with E-state index in [2.05, 4.69) is 36.6 Å². The lowest BCUT2D eigenvalue weighted by Crippen LogP contribution is -2.31. The number of allylic oxidation sites excluding steroid dienone is 1. The summed E-state index contributed by atoms with van der Waals surface area (Å²) in [5, 5.41) is 20.0. The first-order valence-corrected chi connectivity index (χ1v) is 10.5. The number of nitrogens with one attached hydrogen (secondary N) is 2. The van der Waals surface area contributed by atoms with Crippen molar-refractivity contribution in [2.75, 3.05) is 17.2 Å². The normalized spacial score (nSPS) is 15.5. The molecule has 0 unspecified atom stereocenters. The second-order valence-corrected chi connectivity index (χ2v) is 7.98. The Hall–Kier alpha value is -2.97. The second kappa shape index (κ2) is 8.81. The van der Waals surface area contributed by atoms with Crippen LogP contribution in [0.1, 0.15) is 30.8 Å². The van der Waals surface area contributed by atoms with E-state index in [9.17, 15) is 4.79 Å². The quantitative estimate of drug-likeness (QED) is 0.511. The van der Waals surface area contributed by atoms with Crippen LogP contribution in [0.25, 0.3) is 0 Å². The van der Waals surface area contributed by atoms with Crippen LogP contribution in [0.2, 0.25) is 0 Å². The molecule has 1 aliphatic rings. The number of aliphatic hydroxyl groups excluding tert-OH is 1. The average molecular weight is 468 g/mol. The first-order chi connectivity index (χ1) is 14.6. The fraction of sp³-hybridized carbons (Fsp3) is 0.227. The Kier molecular flexibility index (Phi) is 5.96. The van der Waals surface area contributed by atoms with Gasteiger partial charge < -0.3 is 15.7 Å². The Balaban J connectivity index is 1.75. The van der Waals surface area contributed by atoms with Gasteiger partial charge in [-0.3, -0.25) is 4.79 Å². The van der Waals surface area contributed by atoms with Crippen LogP contribution in [0, 0.1) is 0 Å². The van der Waals surface area contributed by atoms with E-state index in [4.69, 9.17) is 5.11 Å². The largest absolute Gasteiger partial charge is 0.396 e. The molecule has 8 heteroatoms. The van der Waals surface area contributed by atoms with Crippen LogP contribution in [0.4, 0.5) is 11.6 Å². The van der Waals surface area contributed by atoms with Crippen molar-refractivity contribution in [2.45, 2.75) is 25.8 Å². The maximum atomic E-state index is 13.3. The third-order valence-electron chi connectivity index (χ3n) is 4.92. The minimum atomic E-state index is -0.423. The molecule has 3 aromatic rings. The number of carbonyl (C=O) groups is 1. The number of anilines is 2. The molecule has 0 aliphatic carbocycles. The number of benzene rings is 2. The van der Waals surface area contributed by atoms with Crippen molar-refractivity contribution in [1.29, 1.82) is 0 Å². The minimum absolute atomic E-state index is 0.0788. The number of carbonyl (C=O) groups excluding carboxylic acids is 1. The predicted molar refractivity (Wildman–Crippen MR) is 119 cm³/mol. The van der Waals surface area contributed by atoms with Crippen molar-refractivity contribution in [3.8, 4) is 0 Å². The van der Waals surface area contributed by atoms with E-state index in [0.29, 0.717) is 30.2 Å². The van der Waals surface area contributed by atoms with Gasteiger partial charge in [0.05, 0.1) is 5.57 Å². The van der Waals surface area contributed by atoms with Crippen molar-refractivity contribution in [3.05, 3.63) is 81.7 Å². The van der Waals surface area contributed by atoms with Crippen LogP contribution in [0.15, 0.2) is 70.3 Å². The SMILES string of the molecule is CC1=C(C(=O)Nc2ccccc2)[C@@H](c2ccc(Br)cc2)n2nc(CCCO)nc2N1. The number of aliphatic hydroxyl groups is 1. The highest BCUT2D eigenvalue weighted by molar-refractivity contribution is 9.10. The van der Waals surface area contributed by atoms with E-state index in [0.717, 1.165) is 21.4 Å². The van der Waals surface area contributed by atoms with E-state index in [1.165, 1.54) is 0 Å². The third kappa shape index (κ3) is 4.15. The van der Waals surface area contributed by atoms with Gasteiger partial charge >= 0.3 is 0 Å². The minimum Gasteiger partial charge on any atom is -0.396 e. The molecule has 0 saturated heterocycles. The topological polar surface area (TPSA) is 92.1 Å². The summed E-state index contributed by atoms with van der Waals surface area (Å²) in [6.07, 6.45) is 1.15. The summed E-state index contributed by atoms with van der Waals surface area (Å²) in [6, 6.07) is 16.8. The lowest BCUT2D eigenvalue weighted by molar-refractivity contribution is -0.113. The molecule has 7 nitrogen and oxygen atoms in total. The first kappa shape index (κ1) is 20.3. The van der Waals surface area contributed by atoms with Crippen LogP contribution in [-0.4, -0.2) is 32.4 Å². The van der Waals surface area contributed by atoms with E-state index < -0.39 is 6.04 Å². The van der Waals surface area contributed by atoms with Gasteiger partial charge in [0.25, 0.3) is 5.91 Å². The van der Waals surface area contributed by atoms with E-state index in [1.54, 1.807) is 4.68 Å². The average Bonchev–Trinajstić information content (AvgIpc) is 3.15. The number of rotatable bonds is 6. The van der Waals surface area contributed by atoms with E-state index in [1.807, 2.05) is 61.5 Å². The highest BCUT2D eigenvalue weighted by atomic mass is 79.9. The Morgan fingerprint density at radius 3 is 2.63 bits per heavy atom. The highest BCUT2D eigenvalue weighted by Gasteiger charge is 2.34. The number of hydrogen-bond acceptors (Lipinski definition) is 5. The van der Waals surface area contributed by atoms with Gasteiger partial charge in [0, 0.05) is 28.9 Å². The molecule has 154 valence electrons. The molecule has 0 bridgehead atoms. The molecule has 3 N–H and O–H groups in total. The Morgan fingerprint density at radius 2 is 1.93 bits per heavy atom. The molecule has 0 spiro atoms. The summed E-state index contributed by atoms with van der Waals surface area (Å²) in [5.74, 6) is 1.02. The van der Waals surface area contributed by atoms with Crippen LogP contribution < -0.4 is 10.6 Å². The summed E-state index contributed by atoms with van der Waals surface area (Å²) in [5.41, 5.74) is 2.96. The summed E-state index contributed by atoms with van der Waals surface area (Å²) >= 11 is 3.47. The number of fused-ring (bicyclic) bond motifs is 1. The Bertz CT molecular complexity index is 1080. The molecule has 1 aliphatic heterocycles. The number of hydrogen-bond donors (Lipinski definition) is 3. The second-order valence-electron chi connectivity index (χ2n) is 7.06. The lowest BCUT2D eigenvalue weighted by Gasteiger charge is -2.28. The molecule has 0 radical (unpaired) electrons. The Morgan fingerprint density at radius 1 is 1.20 bits per heavy atom. The number of aryl methyl sites for hydroxylation is 1. The zero-order chi connectivity index (χ0) is 21.1. The fourth-order valence-corrected chi connectivity index (χ4v) is 3.77. The number of aromatic nitrogens is 3. The lowest BCUT2D eigenvalue weighted by atomic mass is 9.95. The monoisotopic (exact) mass is 467 g/mol. The molecule has 1 amide bonds. The van der Waals surface area contributed by atoms with Gasteiger partial charge in [-0.05, 0) is 43.2 Å². The highest BCUT2D eigenvalue weighted by Crippen LogP contribution is 2.36. The van der Waals surface area contributed by atoms with E-state index >= 15 is 0 Å². The number of halogens is 1. The number of amides is 1. The van der Waals surface area contributed by atoms with Crippen LogP contribution >= 0.6 is 15.9 Å². The van der Waals surface area contributed by atoms with Gasteiger partial charge in [0.1, 0.15) is 6.04 Å². The predicted octanol–water partition coefficient (Wildman–Crippen LogP) is 3.89. The van der Waals surface area contributed by atoms with Crippen molar-refractivity contribution in [3.63, 3.8) is 0 Å². The van der Waals surface area contributed by atoms with E-state index in [-0.39, 0.29) is 12.5 Å². The molecule has 0 fully saturated rings. The van der Waals surface area contributed by atoms with Crippen LogP contribution in [-0.2, 0) is 11.2 Å². The molecule has 2 aromatic carbocycles. The molecular formula is C22H22BrN5O2. The number of para-hydroxylation sites is 1. The first-order valence-electron chi connectivity index (χ1n) is 9.72. The van der Waals surface area contributed by atoms with Crippen LogP contribution in [0.5, 0.6) is 0 Å². The maximum absolute atomic E-state index is 13.3. The molecule has 1 atom stereocenters. The van der Waals surface area contributed by atoms with Gasteiger partial charge in [-0.25, -0.2) is 4.68 Å². The van der Waals surface area contributed by atoms with Gasteiger partial charge in [0.15, 0.2) is 5.82 Å².